The van der Waals surface area contributed by atoms with Gasteiger partial charge in [0.05, 0.1) is 0 Å². The van der Waals surface area contributed by atoms with Gasteiger partial charge in [-0.2, -0.15) is 0 Å². The van der Waals surface area contributed by atoms with Crippen molar-refractivity contribution >= 4 is 40.4 Å². The van der Waals surface area contributed by atoms with E-state index in [1.807, 2.05) is 42.5 Å². The van der Waals surface area contributed by atoms with Gasteiger partial charge in [0, 0.05) is 11.7 Å². The van der Waals surface area contributed by atoms with Gasteiger partial charge < -0.3 is 15.4 Å². The maximum atomic E-state index is 13.8. The average molecular weight is 526 g/mol. The van der Waals surface area contributed by atoms with E-state index in [-0.39, 0.29) is 5.92 Å². The van der Waals surface area contributed by atoms with Crippen molar-refractivity contribution in [2.45, 2.75) is 52.3 Å². The molecule has 3 rings (SSSR count). The Morgan fingerprint density at radius 2 is 1.69 bits per heavy atom. The molecule has 39 heavy (non-hydrogen) atoms. The first-order valence-electron chi connectivity index (χ1n) is 12.7. The number of ether oxygens (including phenoxy) is 1. The normalized spacial score (nSPS) is 12.6. The van der Waals surface area contributed by atoms with E-state index in [1.54, 1.807) is 65.0 Å². The molecule has 2 N–H and O–H groups in total. The van der Waals surface area contributed by atoms with E-state index in [4.69, 9.17) is 11.2 Å². The number of amides is 3. The third-order valence-corrected chi connectivity index (χ3v) is 5.97. The fourth-order valence-corrected chi connectivity index (χ4v) is 4.11. The number of hydrogen-bond donors (Lipinski definition) is 2. The number of nitrogens with zero attached hydrogens (tertiary/aromatic N) is 1. The van der Waals surface area contributed by atoms with Crippen LogP contribution in [0.2, 0.25) is 0 Å². The van der Waals surface area contributed by atoms with Crippen LogP contribution in [0.5, 0.6) is 0 Å². The van der Waals surface area contributed by atoms with Crippen molar-refractivity contribution in [1.82, 2.24) is 10.2 Å². The van der Waals surface area contributed by atoms with Gasteiger partial charge in [-0.1, -0.05) is 81.5 Å². The standard InChI is InChI=1S/C32H35N3O4/c1-8-22-13-12-16-25(19-22)28(29(36)33-26-18-17-23-14-10-11-15-24(23)20-26)35(9-2)30(37)27(21(3)4)34-31(38)39-32(5,6)7/h2,8,10-21,27-28H,1H2,3-7H3,(H,33,36)(H,34,38). The second kappa shape index (κ2) is 12.3. The summed E-state index contributed by atoms with van der Waals surface area (Å²) in [6.45, 7) is 12.5. The first kappa shape index (κ1) is 29.0. The molecule has 3 aromatic carbocycles. The SMILES string of the molecule is C#CN(C(=O)C(NC(=O)OC(C)(C)C)C(C)C)C(C(=O)Nc1ccc2ccccc2c1)c1cccc(C=C)c1. The Morgan fingerprint density at radius 1 is 1.00 bits per heavy atom. The van der Waals surface area contributed by atoms with Crippen LogP contribution in [0.15, 0.2) is 73.3 Å². The van der Waals surface area contributed by atoms with E-state index in [0.717, 1.165) is 21.2 Å². The zero-order valence-corrected chi connectivity index (χ0v) is 23.0. The topological polar surface area (TPSA) is 87.7 Å². The summed E-state index contributed by atoms with van der Waals surface area (Å²) in [5.74, 6) is -1.46. The highest BCUT2D eigenvalue weighted by atomic mass is 16.6. The quantitative estimate of drug-likeness (QED) is 0.274. The molecule has 2 atom stereocenters. The zero-order chi connectivity index (χ0) is 28.7. The molecule has 0 radical (unpaired) electrons. The van der Waals surface area contributed by atoms with Crippen LogP contribution in [0.25, 0.3) is 16.8 Å². The summed E-state index contributed by atoms with van der Waals surface area (Å²) in [5.41, 5.74) is 1.05. The van der Waals surface area contributed by atoms with E-state index in [0.29, 0.717) is 11.3 Å². The third-order valence-electron chi connectivity index (χ3n) is 5.97. The number of alkyl carbamates (subject to hydrolysis) is 1. The smallest absolute Gasteiger partial charge is 0.408 e. The van der Waals surface area contributed by atoms with Crippen LogP contribution in [-0.2, 0) is 14.3 Å². The van der Waals surface area contributed by atoms with Gasteiger partial charge in [-0.3, -0.25) is 14.5 Å². The van der Waals surface area contributed by atoms with Crippen LogP contribution in [0, 0.1) is 18.4 Å². The van der Waals surface area contributed by atoms with Gasteiger partial charge in [-0.25, -0.2) is 4.79 Å². The maximum absolute atomic E-state index is 13.8. The summed E-state index contributed by atoms with van der Waals surface area (Å²) in [6.07, 6.45) is 6.76. The van der Waals surface area contributed by atoms with Gasteiger partial charge in [0.25, 0.3) is 11.8 Å². The number of benzene rings is 3. The molecule has 0 saturated heterocycles. The minimum Gasteiger partial charge on any atom is -0.444 e. The van der Waals surface area contributed by atoms with Crippen LogP contribution < -0.4 is 10.6 Å². The first-order chi connectivity index (χ1) is 18.4. The molecule has 3 aromatic rings. The second-order valence-electron chi connectivity index (χ2n) is 10.5. The molecule has 0 aliphatic carbocycles. The van der Waals surface area contributed by atoms with E-state index in [9.17, 15) is 14.4 Å². The minimum absolute atomic E-state index is 0.343. The number of nitrogens with one attached hydrogen (secondary N) is 2. The molecule has 0 aliphatic rings. The molecule has 7 nitrogen and oxygen atoms in total. The fourth-order valence-electron chi connectivity index (χ4n) is 4.11. The van der Waals surface area contributed by atoms with E-state index >= 15 is 0 Å². The Morgan fingerprint density at radius 3 is 2.31 bits per heavy atom. The van der Waals surface area contributed by atoms with Crippen LogP contribution in [-0.4, -0.2) is 34.5 Å². The molecule has 2 unspecified atom stereocenters. The number of rotatable bonds is 8. The lowest BCUT2D eigenvalue weighted by atomic mass is 9.98. The highest BCUT2D eigenvalue weighted by molar-refractivity contribution is 6.01. The largest absolute Gasteiger partial charge is 0.444 e. The zero-order valence-electron chi connectivity index (χ0n) is 23.0. The van der Waals surface area contributed by atoms with Crippen LogP contribution >= 0.6 is 0 Å². The number of anilines is 1. The number of carbonyl (C=O) groups excluding carboxylic acids is 3. The van der Waals surface area contributed by atoms with Crippen LogP contribution in [0.1, 0.15) is 51.8 Å². The lowest BCUT2D eigenvalue weighted by molar-refractivity contribution is -0.137. The van der Waals surface area contributed by atoms with Gasteiger partial charge >= 0.3 is 6.09 Å². The van der Waals surface area contributed by atoms with Crippen molar-refractivity contribution in [3.8, 4) is 12.5 Å². The van der Waals surface area contributed by atoms with Crippen LogP contribution in [0.3, 0.4) is 0 Å². The molecule has 0 heterocycles. The first-order valence-corrected chi connectivity index (χ1v) is 12.7. The highest BCUT2D eigenvalue weighted by Crippen LogP contribution is 2.27. The van der Waals surface area contributed by atoms with Gasteiger partial charge in [0.1, 0.15) is 17.7 Å². The van der Waals surface area contributed by atoms with Crippen molar-refractivity contribution < 1.29 is 19.1 Å². The molecule has 0 aliphatic heterocycles. The Hall–Kier alpha value is -4.57. The molecular formula is C32H35N3O4. The van der Waals surface area contributed by atoms with E-state index < -0.39 is 35.6 Å². The number of carbonyl (C=O) groups is 3. The molecule has 0 saturated carbocycles. The average Bonchev–Trinajstić information content (AvgIpc) is 2.88. The van der Waals surface area contributed by atoms with Crippen molar-refractivity contribution in [3.05, 3.63) is 84.4 Å². The number of fused-ring (bicyclic) bond motifs is 1. The van der Waals surface area contributed by atoms with E-state index in [2.05, 4.69) is 23.3 Å². The third kappa shape index (κ3) is 7.48. The predicted molar refractivity (Wildman–Crippen MR) is 156 cm³/mol. The van der Waals surface area contributed by atoms with Gasteiger partial charge in [0.2, 0.25) is 0 Å². The number of hydrogen-bond acceptors (Lipinski definition) is 4. The van der Waals surface area contributed by atoms with Gasteiger partial charge in [-0.05, 0) is 66.8 Å². The fraction of sp³-hybridized carbons (Fsp3) is 0.281. The molecule has 0 spiro atoms. The summed E-state index contributed by atoms with van der Waals surface area (Å²) in [4.78, 5) is 41.2. The molecular weight excluding hydrogens is 490 g/mol. The summed E-state index contributed by atoms with van der Waals surface area (Å²) in [5, 5.41) is 7.52. The van der Waals surface area contributed by atoms with Crippen molar-refractivity contribution in [3.63, 3.8) is 0 Å². The predicted octanol–water partition coefficient (Wildman–Crippen LogP) is 6.13. The Bertz CT molecular complexity index is 1410. The lowest BCUT2D eigenvalue weighted by Crippen LogP contribution is -2.53. The number of terminal acetylenes is 1. The molecule has 0 bridgehead atoms. The highest BCUT2D eigenvalue weighted by Gasteiger charge is 2.37. The van der Waals surface area contributed by atoms with E-state index in [1.165, 1.54) is 0 Å². The van der Waals surface area contributed by atoms with Gasteiger partial charge in [0.15, 0.2) is 0 Å². The lowest BCUT2D eigenvalue weighted by Gasteiger charge is -2.32. The Balaban J connectivity index is 2.00. The minimum atomic E-state index is -1.18. The molecule has 7 heteroatoms. The summed E-state index contributed by atoms with van der Waals surface area (Å²) >= 11 is 0. The Kier molecular flexibility index (Phi) is 9.16. The van der Waals surface area contributed by atoms with Crippen molar-refractivity contribution in [2.75, 3.05) is 5.32 Å². The summed E-state index contributed by atoms with van der Waals surface area (Å²) in [7, 11) is 0. The van der Waals surface area contributed by atoms with Crippen molar-refractivity contribution in [2.24, 2.45) is 5.92 Å². The summed E-state index contributed by atoms with van der Waals surface area (Å²) < 4.78 is 5.36. The molecule has 202 valence electrons. The summed E-state index contributed by atoms with van der Waals surface area (Å²) in [6, 6.07) is 20.6. The monoisotopic (exact) mass is 525 g/mol. The second-order valence-corrected chi connectivity index (χ2v) is 10.5. The molecule has 0 aromatic heterocycles. The van der Waals surface area contributed by atoms with Crippen LogP contribution in [0.4, 0.5) is 10.5 Å². The molecule has 3 amide bonds. The van der Waals surface area contributed by atoms with Gasteiger partial charge in [-0.15, -0.1) is 0 Å². The Labute approximate surface area is 230 Å². The maximum Gasteiger partial charge on any atom is 0.408 e. The van der Waals surface area contributed by atoms with Crippen molar-refractivity contribution in [1.29, 1.82) is 0 Å². The molecule has 0 fully saturated rings.